The number of hydrogen-bond donors (Lipinski definition) is 1. The first-order valence-electron chi connectivity index (χ1n) is 7.55. The van der Waals surface area contributed by atoms with Crippen LogP contribution in [0.5, 0.6) is 0 Å². The Morgan fingerprint density at radius 3 is 2.90 bits per heavy atom. The van der Waals surface area contributed by atoms with E-state index in [1.165, 1.54) is 6.07 Å². The molecule has 0 radical (unpaired) electrons. The average Bonchev–Trinajstić information content (AvgIpc) is 2.48. The lowest BCUT2D eigenvalue weighted by molar-refractivity contribution is -0.0127. The molecular formula is C16H25FN2O. The van der Waals surface area contributed by atoms with Gasteiger partial charge in [-0.15, -0.1) is 0 Å². The Labute approximate surface area is 121 Å². The Morgan fingerprint density at radius 1 is 1.40 bits per heavy atom. The molecule has 1 aliphatic rings. The van der Waals surface area contributed by atoms with Crippen molar-refractivity contribution in [3.63, 3.8) is 0 Å². The van der Waals surface area contributed by atoms with Gasteiger partial charge >= 0.3 is 0 Å². The molecule has 0 aromatic heterocycles. The maximum absolute atomic E-state index is 14.0. The molecule has 1 saturated heterocycles. The maximum atomic E-state index is 14.0. The topological polar surface area (TPSA) is 24.5 Å². The summed E-state index contributed by atoms with van der Waals surface area (Å²) in [5.41, 5.74) is 0.760. The second kappa shape index (κ2) is 7.72. The fraction of sp³-hybridized carbons (Fsp3) is 0.625. The number of rotatable bonds is 6. The molecule has 2 atom stereocenters. The molecular weight excluding hydrogens is 255 g/mol. The molecule has 112 valence electrons. The molecule has 1 fully saturated rings. The lowest BCUT2D eigenvalue weighted by atomic mass is 10.0. The largest absolute Gasteiger partial charge is 0.378 e. The Hall–Kier alpha value is -0.970. The standard InChI is InChI=1S/C16H25FN2O/c1-3-13-12-20-10-9-19(13)11-16(18-4-2)14-7-5-6-8-15(14)17/h5-8,13,16,18H,3-4,9-12H2,1-2H3. The van der Waals surface area contributed by atoms with Crippen molar-refractivity contribution in [2.75, 3.05) is 32.8 Å². The quantitative estimate of drug-likeness (QED) is 0.867. The van der Waals surface area contributed by atoms with Crippen molar-refractivity contribution < 1.29 is 9.13 Å². The highest BCUT2D eigenvalue weighted by atomic mass is 19.1. The van der Waals surface area contributed by atoms with Gasteiger partial charge in [0.2, 0.25) is 0 Å². The summed E-state index contributed by atoms with van der Waals surface area (Å²) in [6.07, 6.45) is 1.07. The second-order valence-electron chi connectivity index (χ2n) is 5.26. The average molecular weight is 280 g/mol. The van der Waals surface area contributed by atoms with Crippen LogP contribution in [0.25, 0.3) is 0 Å². The van der Waals surface area contributed by atoms with Crippen molar-refractivity contribution >= 4 is 0 Å². The highest BCUT2D eigenvalue weighted by Gasteiger charge is 2.25. The van der Waals surface area contributed by atoms with Crippen molar-refractivity contribution in [2.45, 2.75) is 32.4 Å². The van der Waals surface area contributed by atoms with E-state index in [0.29, 0.717) is 6.04 Å². The second-order valence-corrected chi connectivity index (χ2v) is 5.26. The first-order valence-corrected chi connectivity index (χ1v) is 7.55. The van der Waals surface area contributed by atoms with Crippen LogP contribution in [0.15, 0.2) is 24.3 Å². The molecule has 0 amide bonds. The first kappa shape index (κ1) is 15.4. The van der Waals surface area contributed by atoms with Gasteiger partial charge in [-0.05, 0) is 19.0 Å². The van der Waals surface area contributed by atoms with Crippen LogP contribution in [0.4, 0.5) is 4.39 Å². The molecule has 1 aliphatic heterocycles. The molecule has 1 aromatic rings. The van der Waals surface area contributed by atoms with Crippen LogP contribution in [0, 0.1) is 5.82 Å². The van der Waals surface area contributed by atoms with E-state index in [-0.39, 0.29) is 11.9 Å². The van der Waals surface area contributed by atoms with Gasteiger partial charge in [-0.2, -0.15) is 0 Å². The SMILES string of the molecule is CCNC(CN1CCOCC1CC)c1ccccc1F. The Balaban J connectivity index is 2.10. The molecule has 1 aromatic carbocycles. The van der Waals surface area contributed by atoms with Gasteiger partial charge < -0.3 is 10.1 Å². The molecule has 0 bridgehead atoms. The summed E-state index contributed by atoms with van der Waals surface area (Å²) in [7, 11) is 0. The molecule has 3 nitrogen and oxygen atoms in total. The monoisotopic (exact) mass is 280 g/mol. The summed E-state index contributed by atoms with van der Waals surface area (Å²) in [5.74, 6) is -0.125. The minimum atomic E-state index is -0.125. The van der Waals surface area contributed by atoms with E-state index in [1.54, 1.807) is 6.07 Å². The van der Waals surface area contributed by atoms with E-state index in [4.69, 9.17) is 4.74 Å². The van der Waals surface area contributed by atoms with Gasteiger partial charge in [0, 0.05) is 30.7 Å². The van der Waals surface area contributed by atoms with Crippen LogP contribution in [0.3, 0.4) is 0 Å². The summed E-state index contributed by atoms with van der Waals surface area (Å²) >= 11 is 0. The van der Waals surface area contributed by atoms with Crippen LogP contribution in [-0.2, 0) is 4.74 Å². The predicted molar refractivity (Wildman–Crippen MR) is 79.3 cm³/mol. The van der Waals surface area contributed by atoms with Gasteiger partial charge in [0.25, 0.3) is 0 Å². The number of halogens is 1. The van der Waals surface area contributed by atoms with E-state index in [0.717, 1.165) is 44.8 Å². The normalized spacial score (nSPS) is 21.9. The van der Waals surface area contributed by atoms with E-state index in [9.17, 15) is 4.39 Å². The van der Waals surface area contributed by atoms with Crippen LogP contribution in [0.2, 0.25) is 0 Å². The van der Waals surface area contributed by atoms with E-state index in [1.807, 2.05) is 12.1 Å². The fourth-order valence-electron chi connectivity index (χ4n) is 2.82. The zero-order valence-corrected chi connectivity index (χ0v) is 12.4. The summed E-state index contributed by atoms with van der Waals surface area (Å²) in [4.78, 5) is 2.42. The van der Waals surface area contributed by atoms with Gasteiger partial charge in [-0.1, -0.05) is 32.0 Å². The van der Waals surface area contributed by atoms with Crippen molar-refractivity contribution in [1.29, 1.82) is 0 Å². The molecule has 1 heterocycles. The zero-order valence-electron chi connectivity index (χ0n) is 12.4. The minimum Gasteiger partial charge on any atom is -0.378 e. The maximum Gasteiger partial charge on any atom is 0.128 e. The van der Waals surface area contributed by atoms with Gasteiger partial charge in [-0.25, -0.2) is 4.39 Å². The van der Waals surface area contributed by atoms with E-state index >= 15 is 0 Å². The summed E-state index contributed by atoms with van der Waals surface area (Å²) in [6.45, 7) is 8.38. The predicted octanol–water partition coefficient (Wildman–Crippen LogP) is 2.59. The number of nitrogens with one attached hydrogen (secondary N) is 1. The number of hydrogen-bond acceptors (Lipinski definition) is 3. The van der Waals surface area contributed by atoms with Crippen molar-refractivity contribution in [1.82, 2.24) is 10.2 Å². The number of benzene rings is 1. The fourth-order valence-corrected chi connectivity index (χ4v) is 2.82. The highest BCUT2D eigenvalue weighted by molar-refractivity contribution is 5.21. The Morgan fingerprint density at radius 2 is 2.20 bits per heavy atom. The molecule has 0 aliphatic carbocycles. The van der Waals surface area contributed by atoms with Crippen LogP contribution in [-0.4, -0.2) is 43.8 Å². The third-order valence-electron chi connectivity index (χ3n) is 3.97. The number of morpholine rings is 1. The summed E-state index contributed by atoms with van der Waals surface area (Å²) < 4.78 is 19.6. The lowest BCUT2D eigenvalue weighted by Gasteiger charge is -2.37. The van der Waals surface area contributed by atoms with E-state index < -0.39 is 0 Å². The van der Waals surface area contributed by atoms with Crippen molar-refractivity contribution in [3.05, 3.63) is 35.6 Å². The summed E-state index contributed by atoms with van der Waals surface area (Å²) in [6, 6.07) is 7.54. The molecule has 20 heavy (non-hydrogen) atoms. The van der Waals surface area contributed by atoms with Crippen molar-refractivity contribution in [2.24, 2.45) is 0 Å². The lowest BCUT2D eigenvalue weighted by Crippen LogP contribution is -2.48. The molecule has 1 N–H and O–H groups in total. The van der Waals surface area contributed by atoms with Gasteiger partial charge in [0.05, 0.1) is 13.2 Å². The van der Waals surface area contributed by atoms with Crippen LogP contribution >= 0.6 is 0 Å². The molecule has 2 rings (SSSR count). The Kier molecular flexibility index (Phi) is 5.95. The smallest absolute Gasteiger partial charge is 0.128 e. The molecule has 2 unspecified atom stereocenters. The number of likely N-dealkylation sites (N-methyl/N-ethyl adjacent to an activating group) is 1. The summed E-state index contributed by atoms with van der Waals surface area (Å²) in [5, 5.41) is 3.41. The van der Waals surface area contributed by atoms with Gasteiger partial charge in [0.15, 0.2) is 0 Å². The third-order valence-corrected chi connectivity index (χ3v) is 3.97. The molecule has 0 spiro atoms. The highest BCUT2D eigenvalue weighted by Crippen LogP contribution is 2.21. The van der Waals surface area contributed by atoms with Crippen LogP contribution < -0.4 is 5.32 Å². The third kappa shape index (κ3) is 3.78. The molecule has 0 saturated carbocycles. The van der Waals surface area contributed by atoms with Crippen LogP contribution in [0.1, 0.15) is 31.9 Å². The first-order chi connectivity index (χ1) is 9.76. The van der Waals surface area contributed by atoms with E-state index in [2.05, 4.69) is 24.1 Å². The minimum absolute atomic E-state index is 0.0355. The Bertz CT molecular complexity index is 413. The molecule has 4 heteroatoms. The zero-order chi connectivity index (χ0) is 14.4. The van der Waals surface area contributed by atoms with Gasteiger partial charge in [-0.3, -0.25) is 4.90 Å². The number of nitrogens with zero attached hydrogens (tertiary/aromatic N) is 1. The van der Waals surface area contributed by atoms with Gasteiger partial charge in [0.1, 0.15) is 5.82 Å². The van der Waals surface area contributed by atoms with Crippen molar-refractivity contribution in [3.8, 4) is 0 Å². The number of ether oxygens (including phenoxy) is 1.